The van der Waals surface area contributed by atoms with Gasteiger partial charge in [0.2, 0.25) is 5.91 Å². The lowest BCUT2D eigenvalue weighted by atomic mass is 10.2. The highest BCUT2D eigenvalue weighted by atomic mass is 32.2. The molecule has 5 rings (SSSR count). The first-order valence-electron chi connectivity index (χ1n) is 10.9. The minimum Gasteiger partial charge on any atom is -0.361 e. The molecule has 0 saturated heterocycles. The molecule has 5 nitrogen and oxygen atoms in total. The number of hydrogen-bond acceptors (Lipinski definition) is 3. The van der Waals surface area contributed by atoms with Gasteiger partial charge in [0.15, 0.2) is 5.11 Å². The van der Waals surface area contributed by atoms with E-state index in [4.69, 9.17) is 12.2 Å². The number of nitrogens with zero attached hydrogens (tertiary/aromatic N) is 1. The number of hydrogen-bond donors (Lipinski definition) is 3. The molecule has 0 fully saturated rings. The number of fused-ring (bicyclic) bond motifs is 2. The molecule has 1 amide bonds. The monoisotopic (exact) mass is 480 g/mol. The number of benzene rings is 3. The van der Waals surface area contributed by atoms with Crippen molar-refractivity contribution in [3.05, 3.63) is 84.6 Å². The van der Waals surface area contributed by atoms with Crippen molar-refractivity contribution in [3.8, 4) is 0 Å². The van der Waals surface area contributed by atoms with Crippen molar-refractivity contribution in [1.82, 2.24) is 4.98 Å². The van der Waals surface area contributed by atoms with Crippen molar-refractivity contribution in [1.29, 1.82) is 0 Å². The fourth-order valence-electron chi connectivity index (χ4n) is 3.64. The van der Waals surface area contributed by atoms with Gasteiger partial charge in [-0.1, -0.05) is 50.2 Å². The average Bonchev–Trinajstić information content (AvgIpc) is 3.31. The summed E-state index contributed by atoms with van der Waals surface area (Å²) in [6.45, 7) is 4.55. The average molecular weight is 481 g/mol. The summed E-state index contributed by atoms with van der Waals surface area (Å²) in [7, 11) is 0. The van der Waals surface area contributed by atoms with E-state index in [-0.39, 0.29) is 10.2 Å². The maximum atomic E-state index is 12.7. The van der Waals surface area contributed by atoms with Crippen LogP contribution in [-0.2, 0) is 11.3 Å². The van der Waals surface area contributed by atoms with E-state index in [1.165, 1.54) is 0 Å². The number of aromatic amines is 1. The summed E-state index contributed by atoms with van der Waals surface area (Å²) in [6.07, 6.45) is 1.92. The van der Waals surface area contributed by atoms with Gasteiger partial charge in [-0.2, -0.15) is 0 Å². The van der Waals surface area contributed by atoms with Crippen LogP contribution in [0.15, 0.2) is 83.9 Å². The predicted molar refractivity (Wildman–Crippen MR) is 151 cm³/mol. The molecule has 0 bridgehead atoms. The van der Waals surface area contributed by atoms with E-state index in [1.54, 1.807) is 11.8 Å². The van der Waals surface area contributed by atoms with Gasteiger partial charge < -0.3 is 20.5 Å². The maximum Gasteiger partial charge on any atom is 0.237 e. The van der Waals surface area contributed by atoms with Crippen LogP contribution in [0.4, 0.5) is 17.1 Å². The lowest BCUT2D eigenvalue weighted by Crippen LogP contribution is -2.34. The standard InChI is InChI=1S/C24H20N4OS2.C2H6.3H2/c29-23-15-31-22-9-8-19(13-21(22)28(23)14-16-4-2-1-3-5-16)27-24(30)26-18-7-6-17-10-11-25-20(17)12-18;1-2;;;/h1-13,25H,14-15H2,(H2,26,27,30);1-2H3;3*1H. The molecule has 3 aromatic carbocycles. The number of nitrogens with one attached hydrogen (secondary N) is 3. The fraction of sp³-hybridized carbons (Fsp3) is 0.154. The Morgan fingerprint density at radius 2 is 1.76 bits per heavy atom. The van der Waals surface area contributed by atoms with Crippen LogP contribution in [0.2, 0.25) is 0 Å². The van der Waals surface area contributed by atoms with Gasteiger partial charge in [-0.05, 0) is 59.6 Å². The second-order valence-electron chi connectivity index (χ2n) is 7.30. The number of thioether (sulfide) groups is 1. The first-order chi connectivity index (χ1) is 16.2. The summed E-state index contributed by atoms with van der Waals surface area (Å²) < 4.78 is 0. The normalized spacial score (nSPS) is 12.5. The number of thiocarbonyl (C=S) groups is 1. The number of rotatable bonds is 4. The smallest absolute Gasteiger partial charge is 0.237 e. The molecule has 3 N–H and O–H groups in total. The Hall–Kier alpha value is -3.29. The van der Waals surface area contributed by atoms with Crippen LogP contribution in [0.1, 0.15) is 23.7 Å². The summed E-state index contributed by atoms with van der Waals surface area (Å²) in [5.74, 6) is 0.562. The van der Waals surface area contributed by atoms with E-state index in [0.29, 0.717) is 17.4 Å². The highest BCUT2D eigenvalue weighted by molar-refractivity contribution is 8.00. The summed E-state index contributed by atoms with van der Waals surface area (Å²) in [5, 5.41) is 8.12. The zero-order chi connectivity index (χ0) is 23.2. The Balaban J connectivity index is 0.00000127. The van der Waals surface area contributed by atoms with Crippen LogP contribution in [-0.4, -0.2) is 21.8 Å². The first kappa shape index (κ1) is 22.9. The van der Waals surface area contributed by atoms with Crippen LogP contribution in [0, 0.1) is 0 Å². The molecule has 1 aliphatic rings. The molecular weight excluding hydrogens is 448 g/mol. The second kappa shape index (κ2) is 10.6. The minimum absolute atomic E-state index is 0. The molecule has 0 unspecified atom stereocenters. The van der Waals surface area contributed by atoms with Crippen LogP contribution < -0.4 is 15.5 Å². The van der Waals surface area contributed by atoms with E-state index in [9.17, 15) is 4.79 Å². The van der Waals surface area contributed by atoms with Crippen LogP contribution in [0.5, 0.6) is 0 Å². The molecular formula is C26H32N4OS2. The largest absolute Gasteiger partial charge is 0.361 e. The molecule has 4 aromatic rings. The topological polar surface area (TPSA) is 60.2 Å². The molecule has 0 aliphatic carbocycles. The highest BCUT2D eigenvalue weighted by Crippen LogP contribution is 2.38. The third-order valence-corrected chi connectivity index (χ3v) is 6.41. The minimum atomic E-state index is 0. The second-order valence-corrected chi connectivity index (χ2v) is 8.72. The fourth-order valence-corrected chi connectivity index (χ4v) is 4.79. The van der Waals surface area contributed by atoms with E-state index < -0.39 is 0 Å². The Labute approximate surface area is 208 Å². The van der Waals surface area contributed by atoms with Gasteiger partial charge in [0.25, 0.3) is 0 Å². The van der Waals surface area contributed by atoms with Crippen molar-refractivity contribution in [2.75, 3.05) is 21.3 Å². The van der Waals surface area contributed by atoms with Crippen LogP contribution >= 0.6 is 24.0 Å². The zero-order valence-electron chi connectivity index (χ0n) is 18.6. The predicted octanol–water partition coefficient (Wildman–Crippen LogP) is 7.38. The number of anilines is 3. The number of carbonyl (C=O) groups excluding carboxylic acids is 1. The third-order valence-electron chi connectivity index (χ3n) is 5.16. The quantitative estimate of drug-likeness (QED) is 0.266. The molecule has 0 saturated carbocycles. The van der Waals surface area contributed by atoms with Gasteiger partial charge in [-0.3, -0.25) is 4.79 Å². The van der Waals surface area contributed by atoms with Crippen molar-refractivity contribution < 1.29 is 9.07 Å². The van der Waals surface area contributed by atoms with E-state index in [1.807, 2.05) is 97.7 Å². The van der Waals surface area contributed by atoms with Gasteiger partial charge in [0.05, 0.1) is 18.0 Å². The summed E-state index contributed by atoms with van der Waals surface area (Å²) in [4.78, 5) is 18.8. The summed E-state index contributed by atoms with van der Waals surface area (Å²) in [5.41, 5.74) is 4.80. The summed E-state index contributed by atoms with van der Waals surface area (Å²) in [6, 6.07) is 24.2. The van der Waals surface area contributed by atoms with Gasteiger partial charge in [-0.15, -0.1) is 11.8 Å². The Morgan fingerprint density at radius 3 is 2.55 bits per heavy atom. The van der Waals surface area contributed by atoms with Gasteiger partial charge in [-0.25, -0.2) is 0 Å². The van der Waals surface area contributed by atoms with E-state index >= 15 is 0 Å². The SMILES string of the molecule is CC.O=C1CSc2ccc(NC(=S)Nc3ccc4cc[nH]c4c3)cc2N1Cc1ccccc1.[HH].[HH].[HH]. The van der Waals surface area contributed by atoms with Crippen molar-refractivity contribution in [2.24, 2.45) is 0 Å². The lowest BCUT2D eigenvalue weighted by Gasteiger charge is -2.29. The molecule has 174 valence electrons. The van der Waals surface area contributed by atoms with E-state index in [2.05, 4.69) is 15.6 Å². The Kier molecular flexibility index (Phi) is 7.32. The molecule has 7 heteroatoms. The zero-order valence-corrected chi connectivity index (χ0v) is 20.2. The number of aromatic nitrogens is 1. The third kappa shape index (κ3) is 5.38. The number of H-pyrrole nitrogens is 1. The molecule has 0 spiro atoms. The van der Waals surface area contributed by atoms with Crippen LogP contribution in [0.25, 0.3) is 10.9 Å². The van der Waals surface area contributed by atoms with Gasteiger partial charge >= 0.3 is 0 Å². The molecule has 0 radical (unpaired) electrons. The van der Waals surface area contributed by atoms with Gasteiger partial charge in [0.1, 0.15) is 0 Å². The van der Waals surface area contributed by atoms with Crippen molar-refractivity contribution in [2.45, 2.75) is 25.3 Å². The summed E-state index contributed by atoms with van der Waals surface area (Å²) >= 11 is 7.09. The number of carbonyl (C=O) groups is 1. The molecule has 1 aliphatic heterocycles. The lowest BCUT2D eigenvalue weighted by molar-refractivity contribution is -0.116. The van der Waals surface area contributed by atoms with Crippen LogP contribution in [0.3, 0.4) is 0 Å². The molecule has 33 heavy (non-hydrogen) atoms. The van der Waals surface area contributed by atoms with Crippen molar-refractivity contribution >= 4 is 63.0 Å². The van der Waals surface area contributed by atoms with E-state index in [0.717, 1.165) is 38.4 Å². The molecule has 2 heterocycles. The Morgan fingerprint density at radius 1 is 1.03 bits per heavy atom. The maximum absolute atomic E-state index is 12.7. The Bertz CT molecular complexity index is 1280. The molecule has 0 atom stereocenters. The highest BCUT2D eigenvalue weighted by Gasteiger charge is 2.25. The molecule has 1 aromatic heterocycles. The van der Waals surface area contributed by atoms with Crippen molar-refractivity contribution in [3.63, 3.8) is 0 Å². The van der Waals surface area contributed by atoms with Gasteiger partial charge in [0, 0.05) is 32.3 Å². The first-order valence-corrected chi connectivity index (χ1v) is 12.3. The number of amides is 1.